The van der Waals surface area contributed by atoms with E-state index in [0.717, 1.165) is 16.9 Å². The zero-order chi connectivity index (χ0) is 20.1. The van der Waals surface area contributed by atoms with Crippen molar-refractivity contribution in [3.8, 4) is 0 Å². The van der Waals surface area contributed by atoms with E-state index in [-0.39, 0.29) is 6.04 Å². The van der Waals surface area contributed by atoms with E-state index < -0.39 is 0 Å². The van der Waals surface area contributed by atoms with E-state index in [0.29, 0.717) is 29.5 Å². The van der Waals surface area contributed by atoms with Gasteiger partial charge in [0.2, 0.25) is 0 Å². The Bertz CT molecular complexity index is 1010. The molecule has 0 aliphatic rings. The molecule has 0 aliphatic heterocycles. The number of nitrogens with one attached hydrogen (secondary N) is 3. The van der Waals surface area contributed by atoms with Gasteiger partial charge in [-0.25, -0.2) is 15.0 Å². The van der Waals surface area contributed by atoms with Crippen molar-refractivity contribution in [1.82, 2.24) is 24.7 Å². The van der Waals surface area contributed by atoms with Crippen molar-refractivity contribution in [3.63, 3.8) is 0 Å². The summed E-state index contributed by atoms with van der Waals surface area (Å²) in [5, 5.41) is 13.8. The lowest BCUT2D eigenvalue weighted by molar-refractivity contribution is 0.181. The van der Waals surface area contributed by atoms with E-state index in [4.69, 9.17) is 15.9 Å². The molecule has 0 bridgehead atoms. The SMILES string of the molecule is CN/C=C(\C=N)c1cnc(N)c(N[C@H](C)c2ccc3ncc(COC)n3c2)n1. The molecule has 0 unspecified atom stereocenters. The van der Waals surface area contributed by atoms with Crippen molar-refractivity contribution < 1.29 is 4.74 Å². The van der Waals surface area contributed by atoms with Crippen LogP contribution >= 0.6 is 0 Å². The largest absolute Gasteiger partial charge is 0.393 e. The molecule has 0 spiro atoms. The number of methoxy groups -OCH3 is 1. The number of imidazole rings is 1. The van der Waals surface area contributed by atoms with Crippen LogP contribution in [0.4, 0.5) is 11.6 Å². The first-order chi connectivity index (χ1) is 13.6. The van der Waals surface area contributed by atoms with Crippen molar-refractivity contribution in [2.45, 2.75) is 19.6 Å². The average molecular weight is 380 g/mol. The highest BCUT2D eigenvalue weighted by Crippen LogP contribution is 2.23. The average Bonchev–Trinajstić information content (AvgIpc) is 3.10. The predicted octanol–water partition coefficient (Wildman–Crippen LogP) is 2.24. The molecule has 0 saturated heterocycles. The summed E-state index contributed by atoms with van der Waals surface area (Å²) in [6.45, 7) is 2.50. The highest BCUT2D eigenvalue weighted by molar-refractivity contribution is 6.07. The van der Waals surface area contributed by atoms with Crippen molar-refractivity contribution in [3.05, 3.63) is 53.9 Å². The van der Waals surface area contributed by atoms with Crippen molar-refractivity contribution in [2.75, 3.05) is 25.2 Å². The number of aromatic nitrogens is 4. The van der Waals surface area contributed by atoms with Gasteiger partial charge in [0.05, 0.1) is 36.4 Å². The first-order valence-electron chi connectivity index (χ1n) is 8.79. The maximum absolute atomic E-state index is 7.55. The Labute approximate surface area is 163 Å². The van der Waals surface area contributed by atoms with Gasteiger partial charge in [-0.3, -0.25) is 0 Å². The van der Waals surface area contributed by atoms with Crippen LogP contribution in [0.5, 0.6) is 0 Å². The number of pyridine rings is 1. The molecule has 28 heavy (non-hydrogen) atoms. The second-order valence-corrected chi connectivity index (χ2v) is 6.26. The molecule has 3 aromatic rings. The molecule has 146 valence electrons. The van der Waals surface area contributed by atoms with E-state index >= 15 is 0 Å². The lowest BCUT2D eigenvalue weighted by atomic mass is 10.1. The molecular formula is C19H24N8O. The molecule has 3 aromatic heterocycles. The number of nitrogen functional groups attached to an aromatic ring is 1. The van der Waals surface area contributed by atoms with Crippen LogP contribution in [0, 0.1) is 5.41 Å². The zero-order valence-corrected chi connectivity index (χ0v) is 16.1. The first-order valence-corrected chi connectivity index (χ1v) is 8.79. The van der Waals surface area contributed by atoms with Crippen LogP contribution in [-0.4, -0.2) is 39.7 Å². The van der Waals surface area contributed by atoms with Crippen LogP contribution in [0.3, 0.4) is 0 Å². The first kappa shape index (κ1) is 19.3. The summed E-state index contributed by atoms with van der Waals surface area (Å²) in [7, 11) is 3.42. The Morgan fingerprint density at radius 1 is 1.36 bits per heavy atom. The van der Waals surface area contributed by atoms with Gasteiger partial charge in [-0.05, 0) is 18.6 Å². The van der Waals surface area contributed by atoms with Gasteiger partial charge in [0.1, 0.15) is 5.65 Å². The summed E-state index contributed by atoms with van der Waals surface area (Å²) in [5.41, 5.74) is 10.0. The summed E-state index contributed by atoms with van der Waals surface area (Å²) < 4.78 is 7.24. The summed E-state index contributed by atoms with van der Waals surface area (Å²) in [6.07, 6.45) is 8.28. The van der Waals surface area contributed by atoms with Crippen LogP contribution in [-0.2, 0) is 11.3 Å². The number of rotatable bonds is 8. The second kappa shape index (κ2) is 8.49. The lowest BCUT2D eigenvalue weighted by Crippen LogP contribution is -2.13. The standard InChI is InChI=1S/C19H24N8O/c1-12(13-4-5-17-23-8-15(11-28-3)27(17)10-13)25-19-18(21)24-9-16(26-19)14(6-20)7-22-2/h4-10,12,20,22H,11H2,1-3H3,(H2,21,24)(H,25,26)/b14-7+,20-6?/t12-/m1/s1. The van der Waals surface area contributed by atoms with Gasteiger partial charge in [-0.1, -0.05) is 6.07 Å². The third kappa shape index (κ3) is 3.94. The highest BCUT2D eigenvalue weighted by atomic mass is 16.5. The Balaban J connectivity index is 1.89. The molecular weight excluding hydrogens is 356 g/mol. The minimum Gasteiger partial charge on any atom is -0.393 e. The van der Waals surface area contributed by atoms with Gasteiger partial charge in [0.15, 0.2) is 11.6 Å². The molecule has 0 radical (unpaired) electrons. The van der Waals surface area contributed by atoms with Gasteiger partial charge >= 0.3 is 0 Å². The molecule has 3 rings (SSSR count). The molecule has 0 fully saturated rings. The van der Waals surface area contributed by atoms with Gasteiger partial charge in [-0.15, -0.1) is 0 Å². The molecule has 0 amide bonds. The van der Waals surface area contributed by atoms with E-state index in [9.17, 15) is 0 Å². The third-order valence-electron chi connectivity index (χ3n) is 4.30. The molecule has 0 saturated carbocycles. The number of nitrogens with zero attached hydrogens (tertiary/aromatic N) is 4. The van der Waals surface area contributed by atoms with E-state index in [2.05, 4.69) is 25.6 Å². The zero-order valence-electron chi connectivity index (χ0n) is 16.1. The minimum atomic E-state index is -0.0780. The molecule has 9 heteroatoms. The van der Waals surface area contributed by atoms with Crippen molar-refractivity contribution >= 4 is 29.1 Å². The van der Waals surface area contributed by atoms with Crippen LogP contribution in [0.25, 0.3) is 11.2 Å². The molecule has 1 atom stereocenters. The number of nitrogens with two attached hydrogens (primary N) is 1. The van der Waals surface area contributed by atoms with E-state index in [1.165, 1.54) is 6.21 Å². The number of anilines is 2. The van der Waals surface area contributed by atoms with Crippen LogP contribution in [0.1, 0.15) is 29.9 Å². The Morgan fingerprint density at radius 3 is 2.89 bits per heavy atom. The van der Waals surface area contributed by atoms with Crippen molar-refractivity contribution in [2.24, 2.45) is 0 Å². The number of fused-ring (bicyclic) bond motifs is 1. The fourth-order valence-electron chi connectivity index (χ4n) is 2.84. The highest BCUT2D eigenvalue weighted by Gasteiger charge is 2.13. The van der Waals surface area contributed by atoms with Crippen molar-refractivity contribution in [1.29, 1.82) is 5.41 Å². The van der Waals surface area contributed by atoms with E-state index in [1.807, 2.05) is 29.7 Å². The van der Waals surface area contributed by atoms with Crippen LogP contribution < -0.4 is 16.4 Å². The molecule has 0 aliphatic carbocycles. The Kier molecular flexibility index (Phi) is 5.85. The lowest BCUT2D eigenvalue weighted by Gasteiger charge is -2.17. The van der Waals surface area contributed by atoms with Gasteiger partial charge in [-0.2, -0.15) is 0 Å². The maximum atomic E-state index is 7.55. The summed E-state index contributed by atoms with van der Waals surface area (Å²) >= 11 is 0. The fourth-order valence-corrected chi connectivity index (χ4v) is 2.84. The molecule has 9 nitrogen and oxygen atoms in total. The number of allylic oxidation sites excluding steroid dienone is 1. The third-order valence-corrected chi connectivity index (χ3v) is 4.30. The number of hydrogen-bond donors (Lipinski definition) is 4. The fraction of sp³-hybridized carbons (Fsp3) is 0.263. The second-order valence-electron chi connectivity index (χ2n) is 6.26. The van der Waals surface area contributed by atoms with Gasteiger partial charge in [0, 0.05) is 38.3 Å². The quantitative estimate of drug-likeness (QED) is 0.441. The van der Waals surface area contributed by atoms with Crippen LogP contribution in [0.15, 0.2) is 36.9 Å². The molecule has 5 N–H and O–H groups in total. The minimum absolute atomic E-state index is 0.0780. The topological polar surface area (TPSA) is 126 Å². The molecule has 0 aromatic carbocycles. The number of hydrogen-bond acceptors (Lipinski definition) is 8. The summed E-state index contributed by atoms with van der Waals surface area (Å²) in [6, 6.07) is 3.89. The normalized spacial score (nSPS) is 12.8. The number of ether oxygens (including phenoxy) is 1. The smallest absolute Gasteiger partial charge is 0.170 e. The van der Waals surface area contributed by atoms with Gasteiger partial charge in [0.25, 0.3) is 0 Å². The van der Waals surface area contributed by atoms with Gasteiger partial charge < -0.3 is 30.9 Å². The Morgan fingerprint density at radius 2 is 2.18 bits per heavy atom. The predicted molar refractivity (Wildman–Crippen MR) is 110 cm³/mol. The van der Waals surface area contributed by atoms with E-state index in [1.54, 1.807) is 32.8 Å². The molecule has 3 heterocycles. The summed E-state index contributed by atoms with van der Waals surface area (Å²) in [4.78, 5) is 13.1. The maximum Gasteiger partial charge on any atom is 0.170 e. The Hall–Kier alpha value is -3.46. The van der Waals surface area contributed by atoms with Crippen LogP contribution in [0.2, 0.25) is 0 Å². The monoisotopic (exact) mass is 380 g/mol. The summed E-state index contributed by atoms with van der Waals surface area (Å²) in [5.74, 6) is 0.768.